The van der Waals surface area contributed by atoms with E-state index in [1.165, 1.54) is 0 Å². The lowest BCUT2D eigenvalue weighted by Crippen LogP contribution is -2.27. The number of hydrogen-bond acceptors (Lipinski definition) is 3. The van der Waals surface area contributed by atoms with E-state index in [1.807, 2.05) is 0 Å². The minimum atomic E-state index is -3.25. The molecule has 0 atom stereocenters. The number of rotatable bonds is 5. The van der Waals surface area contributed by atoms with E-state index in [0.29, 0.717) is 11.1 Å². The van der Waals surface area contributed by atoms with Gasteiger partial charge in [0.25, 0.3) is 0 Å². The van der Waals surface area contributed by atoms with Crippen LogP contribution in [0.3, 0.4) is 0 Å². The molecule has 92 valence electrons. The molecule has 3 N–H and O–H groups in total. The average Bonchev–Trinajstić information content (AvgIpc) is 3.00. The predicted octanol–water partition coefficient (Wildman–Crippen LogP) is 0.903. The molecule has 0 amide bonds. The van der Waals surface area contributed by atoms with Gasteiger partial charge in [-0.25, -0.2) is 13.1 Å². The summed E-state index contributed by atoms with van der Waals surface area (Å²) in [5.41, 5.74) is 6.89. The lowest BCUT2D eigenvalue weighted by atomic mass is 10.1. The van der Waals surface area contributed by atoms with Crippen LogP contribution < -0.4 is 10.5 Å². The largest absolute Gasteiger partial charge is 0.389 e. The highest BCUT2D eigenvalue weighted by atomic mass is 32.2. The number of nitrogens with one attached hydrogen (secondary N) is 1. The van der Waals surface area contributed by atoms with Crippen molar-refractivity contribution >= 4 is 27.2 Å². The number of nitrogens with two attached hydrogens (primary N) is 1. The molecule has 0 unspecified atom stereocenters. The van der Waals surface area contributed by atoms with Gasteiger partial charge < -0.3 is 5.73 Å². The minimum absolute atomic E-state index is 0.0278. The van der Waals surface area contributed by atoms with Crippen molar-refractivity contribution in [2.75, 3.05) is 0 Å². The lowest BCUT2D eigenvalue weighted by molar-refractivity contribution is 0.580. The number of hydrogen-bond donors (Lipinski definition) is 2. The zero-order valence-electron chi connectivity index (χ0n) is 9.22. The summed E-state index contributed by atoms with van der Waals surface area (Å²) in [6.07, 6.45) is 1.87. The maximum absolute atomic E-state index is 11.8. The van der Waals surface area contributed by atoms with Crippen LogP contribution in [-0.2, 0) is 15.8 Å². The third-order valence-corrected chi connectivity index (χ3v) is 4.13. The molecule has 0 heterocycles. The molecule has 2 rings (SSSR count). The van der Waals surface area contributed by atoms with Crippen LogP contribution in [-0.4, -0.2) is 19.4 Å². The van der Waals surface area contributed by atoms with Crippen LogP contribution in [0, 0.1) is 0 Å². The van der Waals surface area contributed by atoms with Crippen molar-refractivity contribution in [3.63, 3.8) is 0 Å². The molecule has 1 aromatic rings. The van der Waals surface area contributed by atoms with Crippen LogP contribution in [0.15, 0.2) is 24.3 Å². The summed E-state index contributed by atoms with van der Waals surface area (Å²) in [5.74, 6) is -0.0278. The van der Waals surface area contributed by atoms with Crippen molar-refractivity contribution in [3.05, 3.63) is 35.4 Å². The topological polar surface area (TPSA) is 72.2 Å². The van der Waals surface area contributed by atoms with Gasteiger partial charge in [0.2, 0.25) is 10.0 Å². The molecule has 1 aliphatic carbocycles. The van der Waals surface area contributed by atoms with E-state index < -0.39 is 10.0 Å². The number of thiocarbonyl (C=S) groups is 1. The second kappa shape index (κ2) is 4.72. The Hall–Kier alpha value is -0.980. The van der Waals surface area contributed by atoms with Gasteiger partial charge in [-0.2, -0.15) is 0 Å². The van der Waals surface area contributed by atoms with E-state index in [2.05, 4.69) is 4.72 Å². The van der Waals surface area contributed by atoms with Gasteiger partial charge in [0.05, 0.1) is 5.75 Å². The normalized spacial score (nSPS) is 15.8. The Morgan fingerprint density at radius 3 is 2.76 bits per heavy atom. The molecule has 0 aromatic heterocycles. The van der Waals surface area contributed by atoms with Gasteiger partial charge >= 0.3 is 0 Å². The third kappa shape index (κ3) is 3.76. The highest BCUT2D eigenvalue weighted by Gasteiger charge is 2.26. The maximum atomic E-state index is 11.8. The molecule has 4 nitrogen and oxygen atoms in total. The lowest BCUT2D eigenvalue weighted by Gasteiger charge is -2.06. The molecule has 1 fully saturated rings. The zero-order chi connectivity index (χ0) is 12.5. The number of benzene rings is 1. The predicted molar refractivity (Wildman–Crippen MR) is 71.1 cm³/mol. The van der Waals surface area contributed by atoms with Gasteiger partial charge in [-0.15, -0.1) is 0 Å². The van der Waals surface area contributed by atoms with Crippen LogP contribution in [0.4, 0.5) is 0 Å². The Morgan fingerprint density at radius 2 is 2.18 bits per heavy atom. The molecule has 0 radical (unpaired) electrons. The molecular formula is C11H14N2O2S2. The minimum Gasteiger partial charge on any atom is -0.389 e. The van der Waals surface area contributed by atoms with E-state index in [4.69, 9.17) is 18.0 Å². The molecule has 6 heteroatoms. The summed E-state index contributed by atoms with van der Waals surface area (Å²) >= 11 is 4.86. The Kier molecular flexibility index (Phi) is 3.46. The molecule has 1 aromatic carbocycles. The Labute approximate surface area is 106 Å². The Bertz CT molecular complexity index is 536. The number of sulfonamides is 1. The quantitative estimate of drug-likeness (QED) is 0.780. The highest BCUT2D eigenvalue weighted by molar-refractivity contribution is 7.88. The second-order valence-corrected chi connectivity index (χ2v) is 6.41. The highest BCUT2D eigenvalue weighted by Crippen LogP contribution is 2.20. The summed E-state index contributed by atoms with van der Waals surface area (Å²) in [6, 6.07) is 7.14. The van der Waals surface area contributed by atoms with E-state index in [0.717, 1.165) is 12.8 Å². The van der Waals surface area contributed by atoms with Gasteiger partial charge in [-0.3, -0.25) is 0 Å². The second-order valence-electron chi connectivity index (χ2n) is 4.22. The monoisotopic (exact) mass is 270 g/mol. The van der Waals surface area contributed by atoms with Crippen LogP contribution in [0.25, 0.3) is 0 Å². The van der Waals surface area contributed by atoms with E-state index >= 15 is 0 Å². The van der Waals surface area contributed by atoms with Gasteiger partial charge in [0, 0.05) is 11.6 Å². The fourth-order valence-electron chi connectivity index (χ4n) is 1.53. The maximum Gasteiger partial charge on any atom is 0.216 e. The van der Waals surface area contributed by atoms with E-state index in [9.17, 15) is 8.42 Å². The molecule has 0 aliphatic heterocycles. The third-order valence-electron chi connectivity index (χ3n) is 2.49. The molecule has 1 aliphatic rings. The average molecular weight is 270 g/mol. The summed E-state index contributed by atoms with van der Waals surface area (Å²) < 4.78 is 26.1. The standard InChI is InChI=1S/C11H14N2O2S2/c12-11(16)9-3-1-2-8(6-9)7-17(14,15)13-10-4-5-10/h1-3,6,10,13H,4-5,7H2,(H2,12,16). The van der Waals surface area contributed by atoms with Crippen LogP contribution in [0.2, 0.25) is 0 Å². The van der Waals surface area contributed by atoms with Crippen molar-refractivity contribution < 1.29 is 8.42 Å². The Balaban J connectivity index is 2.12. The summed E-state index contributed by atoms with van der Waals surface area (Å²) in [6.45, 7) is 0. The van der Waals surface area contributed by atoms with Crippen molar-refractivity contribution in [1.82, 2.24) is 4.72 Å². The molecule has 0 saturated heterocycles. The molecular weight excluding hydrogens is 256 g/mol. The van der Waals surface area contributed by atoms with Gasteiger partial charge in [-0.1, -0.05) is 30.4 Å². The Morgan fingerprint density at radius 1 is 1.47 bits per heavy atom. The zero-order valence-corrected chi connectivity index (χ0v) is 10.9. The molecule has 17 heavy (non-hydrogen) atoms. The SMILES string of the molecule is NC(=S)c1cccc(CS(=O)(=O)NC2CC2)c1. The fourth-order valence-corrected chi connectivity index (χ4v) is 3.10. The van der Waals surface area contributed by atoms with E-state index in [1.54, 1.807) is 24.3 Å². The fraction of sp³-hybridized carbons (Fsp3) is 0.364. The van der Waals surface area contributed by atoms with Gasteiger partial charge in [0.15, 0.2) is 0 Å². The smallest absolute Gasteiger partial charge is 0.216 e. The first-order valence-electron chi connectivity index (χ1n) is 5.35. The van der Waals surface area contributed by atoms with Gasteiger partial charge in [0.1, 0.15) is 4.99 Å². The van der Waals surface area contributed by atoms with Crippen molar-refractivity contribution in [3.8, 4) is 0 Å². The van der Waals surface area contributed by atoms with Crippen molar-refractivity contribution in [1.29, 1.82) is 0 Å². The summed E-state index contributed by atoms with van der Waals surface area (Å²) in [7, 11) is -3.25. The van der Waals surface area contributed by atoms with Crippen LogP contribution in [0.5, 0.6) is 0 Å². The van der Waals surface area contributed by atoms with E-state index in [-0.39, 0.29) is 16.8 Å². The van der Waals surface area contributed by atoms with Crippen molar-refractivity contribution in [2.45, 2.75) is 24.6 Å². The molecule has 1 saturated carbocycles. The first-order chi connectivity index (χ1) is 7.96. The van der Waals surface area contributed by atoms with Gasteiger partial charge in [-0.05, 0) is 24.5 Å². The first-order valence-corrected chi connectivity index (χ1v) is 7.41. The first kappa shape index (κ1) is 12.5. The van der Waals surface area contributed by atoms with Crippen molar-refractivity contribution in [2.24, 2.45) is 5.73 Å². The molecule has 0 spiro atoms. The van der Waals surface area contributed by atoms with Crippen LogP contribution in [0.1, 0.15) is 24.0 Å². The van der Waals surface area contributed by atoms with Crippen LogP contribution >= 0.6 is 12.2 Å². The molecule has 0 bridgehead atoms. The summed E-state index contributed by atoms with van der Waals surface area (Å²) in [5, 5.41) is 0. The summed E-state index contributed by atoms with van der Waals surface area (Å²) in [4.78, 5) is 0.277.